The molecule has 1 aromatic rings. The standard InChI is InChI=1S/C8H9S.U/c1-7-5-3-4-6-8(7)9-2;/h4-6H,1-2H3;/q-1;. The van der Waals surface area contributed by atoms with Gasteiger partial charge in [0.2, 0.25) is 0 Å². The van der Waals surface area contributed by atoms with Gasteiger partial charge >= 0.3 is 0 Å². The van der Waals surface area contributed by atoms with Gasteiger partial charge in [-0.15, -0.1) is 5.56 Å². The van der Waals surface area contributed by atoms with Crippen molar-refractivity contribution in [1.82, 2.24) is 0 Å². The van der Waals surface area contributed by atoms with E-state index in [2.05, 4.69) is 25.3 Å². The zero-order chi connectivity index (χ0) is 6.69. The smallest absolute Gasteiger partial charge is 0 e. The molecule has 0 saturated carbocycles. The number of thioether (sulfide) groups is 1. The molecule has 1 rings (SSSR count). The Balaban J connectivity index is 0.000000810. The summed E-state index contributed by atoms with van der Waals surface area (Å²) in [7, 11) is 0. The Kier molecular flexibility index (Phi) is 5.62. The summed E-state index contributed by atoms with van der Waals surface area (Å²) in [6, 6.07) is 9.05. The van der Waals surface area contributed by atoms with Crippen LogP contribution in [0.2, 0.25) is 0 Å². The molecule has 0 saturated heterocycles. The molecule has 0 aliphatic carbocycles. The maximum atomic E-state index is 3.02. The second-order valence-corrected chi connectivity index (χ2v) is 2.74. The molecule has 0 fully saturated rings. The molecule has 0 nitrogen and oxygen atoms in total. The summed E-state index contributed by atoms with van der Waals surface area (Å²) in [6.07, 6.45) is 2.09. The molecule has 0 bridgehead atoms. The van der Waals surface area contributed by atoms with E-state index in [1.54, 1.807) is 11.8 Å². The molecule has 10 heavy (non-hydrogen) atoms. The van der Waals surface area contributed by atoms with Crippen LogP contribution in [0.25, 0.3) is 0 Å². The van der Waals surface area contributed by atoms with Crippen LogP contribution in [0, 0.1) is 44.1 Å². The summed E-state index contributed by atoms with van der Waals surface area (Å²) in [5.74, 6) is 0. The first-order valence-corrected chi connectivity index (χ1v) is 4.08. The van der Waals surface area contributed by atoms with Crippen molar-refractivity contribution < 1.29 is 31.1 Å². The molecule has 0 N–H and O–H groups in total. The van der Waals surface area contributed by atoms with E-state index >= 15 is 0 Å². The van der Waals surface area contributed by atoms with Crippen LogP contribution < -0.4 is 0 Å². The van der Waals surface area contributed by atoms with Crippen molar-refractivity contribution >= 4 is 11.8 Å². The molecule has 0 aliphatic rings. The molecule has 0 aromatic heterocycles. The fourth-order valence-corrected chi connectivity index (χ4v) is 1.31. The predicted octanol–water partition coefficient (Wildman–Crippen LogP) is 2.52. The number of hydrogen-bond donors (Lipinski definition) is 0. The van der Waals surface area contributed by atoms with Gasteiger partial charge in [-0.3, -0.25) is 0 Å². The Labute approximate surface area is 90.2 Å². The van der Waals surface area contributed by atoms with Gasteiger partial charge in [0.15, 0.2) is 0 Å². The SMILES string of the molecule is CSc1cc[c-]cc1C.[U]. The van der Waals surface area contributed by atoms with Crippen LogP contribution in [0.1, 0.15) is 5.56 Å². The Bertz CT molecular complexity index is 198. The van der Waals surface area contributed by atoms with Crippen LogP contribution in [-0.2, 0) is 0 Å². The van der Waals surface area contributed by atoms with Gasteiger partial charge in [-0.05, 0) is 6.26 Å². The first kappa shape index (κ1) is 10.6. The third kappa shape index (κ3) is 2.70. The number of benzene rings is 1. The Morgan fingerprint density at radius 3 is 2.60 bits per heavy atom. The topological polar surface area (TPSA) is 0 Å². The zero-order valence-electron chi connectivity index (χ0n) is 6.14. The van der Waals surface area contributed by atoms with Gasteiger partial charge in [-0.2, -0.15) is 36.0 Å². The van der Waals surface area contributed by atoms with Crippen molar-refractivity contribution in [2.75, 3.05) is 6.26 Å². The quantitative estimate of drug-likeness (QED) is 0.537. The second kappa shape index (κ2) is 5.30. The minimum absolute atomic E-state index is 0. The van der Waals surface area contributed by atoms with E-state index in [9.17, 15) is 0 Å². The third-order valence-corrected chi connectivity index (χ3v) is 2.14. The van der Waals surface area contributed by atoms with Gasteiger partial charge in [0.1, 0.15) is 0 Å². The van der Waals surface area contributed by atoms with Gasteiger partial charge < -0.3 is 0 Å². The Morgan fingerprint density at radius 1 is 1.50 bits per heavy atom. The molecule has 0 atom stereocenters. The van der Waals surface area contributed by atoms with Crippen LogP contribution >= 0.6 is 11.8 Å². The van der Waals surface area contributed by atoms with E-state index in [1.165, 1.54) is 10.5 Å². The normalized spacial score (nSPS) is 8.60. The van der Waals surface area contributed by atoms with Crippen LogP contribution in [0.15, 0.2) is 23.1 Å². The van der Waals surface area contributed by atoms with Crippen LogP contribution in [0.4, 0.5) is 0 Å². The fourth-order valence-electron chi connectivity index (χ4n) is 0.729. The van der Waals surface area contributed by atoms with Gasteiger partial charge in [-0.1, -0.05) is 11.8 Å². The number of hydrogen-bond acceptors (Lipinski definition) is 1. The van der Waals surface area contributed by atoms with E-state index in [1.807, 2.05) is 12.1 Å². The second-order valence-electron chi connectivity index (χ2n) is 1.90. The maximum Gasteiger partial charge on any atom is 0 e. The van der Waals surface area contributed by atoms with Crippen molar-refractivity contribution in [2.45, 2.75) is 11.8 Å². The van der Waals surface area contributed by atoms with Gasteiger partial charge in [0.05, 0.1) is 0 Å². The maximum absolute atomic E-state index is 3.02. The van der Waals surface area contributed by atoms with Crippen LogP contribution in [-0.4, -0.2) is 6.26 Å². The number of rotatable bonds is 1. The summed E-state index contributed by atoms with van der Waals surface area (Å²) in [5.41, 5.74) is 1.31. The molecule has 0 spiro atoms. The van der Waals surface area contributed by atoms with Crippen molar-refractivity contribution in [3.8, 4) is 0 Å². The average Bonchev–Trinajstić information content (AvgIpc) is 1.89. The molecule has 0 unspecified atom stereocenters. The molecular weight excluding hydrogens is 366 g/mol. The average molecular weight is 375 g/mol. The van der Waals surface area contributed by atoms with E-state index in [0.717, 1.165) is 0 Å². The first-order valence-electron chi connectivity index (χ1n) is 2.85. The molecule has 0 aliphatic heterocycles. The van der Waals surface area contributed by atoms with Crippen molar-refractivity contribution in [3.05, 3.63) is 29.8 Å². The summed E-state index contributed by atoms with van der Waals surface area (Å²) >= 11 is 1.78. The summed E-state index contributed by atoms with van der Waals surface area (Å²) in [4.78, 5) is 1.34. The van der Waals surface area contributed by atoms with Crippen molar-refractivity contribution in [1.29, 1.82) is 0 Å². The van der Waals surface area contributed by atoms with Crippen molar-refractivity contribution in [3.63, 3.8) is 0 Å². The molecule has 0 radical (unpaired) electrons. The Morgan fingerprint density at radius 2 is 2.20 bits per heavy atom. The minimum atomic E-state index is 0. The first-order chi connectivity index (χ1) is 4.34. The summed E-state index contributed by atoms with van der Waals surface area (Å²) in [6.45, 7) is 2.10. The summed E-state index contributed by atoms with van der Waals surface area (Å²) in [5, 5.41) is 0. The van der Waals surface area contributed by atoms with Crippen molar-refractivity contribution in [2.24, 2.45) is 0 Å². The largest absolute Gasteiger partial charge is 0.183 e. The summed E-state index contributed by atoms with van der Waals surface area (Å²) < 4.78 is 0. The fraction of sp³-hybridized carbons (Fsp3) is 0.250. The molecular formula is C8H9SU-. The molecule has 52 valence electrons. The third-order valence-electron chi connectivity index (χ3n) is 1.24. The molecule has 2 heteroatoms. The molecule has 1 aromatic carbocycles. The van der Waals surface area contributed by atoms with E-state index in [4.69, 9.17) is 0 Å². The van der Waals surface area contributed by atoms with Gasteiger partial charge in [-0.25, -0.2) is 0 Å². The van der Waals surface area contributed by atoms with Crippen LogP contribution in [0.3, 0.4) is 0 Å². The monoisotopic (exact) mass is 375 g/mol. The van der Waals surface area contributed by atoms with E-state index < -0.39 is 0 Å². The zero-order valence-corrected chi connectivity index (χ0v) is 11.1. The molecule has 0 heterocycles. The van der Waals surface area contributed by atoms with Gasteiger partial charge in [0, 0.05) is 31.1 Å². The molecule has 0 amide bonds. The van der Waals surface area contributed by atoms with E-state index in [-0.39, 0.29) is 31.1 Å². The van der Waals surface area contributed by atoms with Crippen LogP contribution in [0.5, 0.6) is 0 Å². The minimum Gasteiger partial charge on any atom is -0.183 e. The van der Waals surface area contributed by atoms with E-state index in [0.29, 0.717) is 0 Å². The number of aryl methyl sites for hydroxylation is 1. The predicted molar refractivity (Wildman–Crippen MR) is 41.8 cm³/mol. The van der Waals surface area contributed by atoms with Gasteiger partial charge in [0.25, 0.3) is 0 Å². The Hall–Kier alpha value is 0.622.